The monoisotopic (exact) mass is 288 g/mol. The van der Waals surface area contributed by atoms with Crippen molar-refractivity contribution in [2.45, 2.75) is 6.29 Å². The number of rotatable bonds is 4. The molecule has 16 heavy (non-hydrogen) atoms. The summed E-state index contributed by atoms with van der Waals surface area (Å²) in [6.07, 6.45) is -0.990. The molecule has 0 saturated carbocycles. The summed E-state index contributed by atoms with van der Waals surface area (Å²) >= 11 is 3.29. The largest absolute Gasteiger partial charge is 0.366 e. The molecule has 0 aliphatic rings. The number of hydrogen-bond acceptors (Lipinski definition) is 3. The average molecular weight is 289 g/mol. The van der Waals surface area contributed by atoms with Gasteiger partial charge in [0.1, 0.15) is 0 Å². The molecule has 0 fully saturated rings. The molecular weight excluding hydrogens is 276 g/mol. The van der Waals surface area contributed by atoms with Crippen LogP contribution >= 0.6 is 15.9 Å². The molecular formula is C10H13BrN2O3. The van der Waals surface area contributed by atoms with Crippen molar-refractivity contribution in [2.24, 2.45) is 0 Å². The molecule has 1 atom stereocenters. The third kappa shape index (κ3) is 4.61. The first kappa shape index (κ1) is 13.0. The van der Waals surface area contributed by atoms with Gasteiger partial charge in [0, 0.05) is 17.3 Å². The third-order valence-corrected chi connectivity index (χ3v) is 2.34. The molecule has 0 aliphatic carbocycles. The van der Waals surface area contributed by atoms with E-state index in [-0.39, 0.29) is 6.54 Å². The van der Waals surface area contributed by atoms with Crippen LogP contribution in [0.4, 0.5) is 10.5 Å². The molecule has 0 bridgehead atoms. The van der Waals surface area contributed by atoms with Crippen LogP contribution in [0.2, 0.25) is 0 Å². The van der Waals surface area contributed by atoms with Crippen molar-refractivity contribution < 1.29 is 14.6 Å². The zero-order valence-electron chi connectivity index (χ0n) is 8.74. The second kappa shape index (κ2) is 6.47. The number of carbonyl (C=O) groups excluding carboxylic acids is 1. The Balaban J connectivity index is 2.37. The van der Waals surface area contributed by atoms with Crippen molar-refractivity contribution >= 4 is 27.6 Å². The maximum atomic E-state index is 11.3. The van der Waals surface area contributed by atoms with Crippen LogP contribution < -0.4 is 10.6 Å². The number of nitrogens with one attached hydrogen (secondary N) is 2. The van der Waals surface area contributed by atoms with Crippen LogP contribution in [0.25, 0.3) is 0 Å². The summed E-state index contributed by atoms with van der Waals surface area (Å²) in [5.41, 5.74) is 0.674. The van der Waals surface area contributed by atoms with Gasteiger partial charge in [0.05, 0.1) is 6.54 Å². The van der Waals surface area contributed by atoms with Gasteiger partial charge in [-0.2, -0.15) is 0 Å². The first-order chi connectivity index (χ1) is 7.61. The molecule has 3 N–H and O–H groups in total. The number of anilines is 1. The van der Waals surface area contributed by atoms with Crippen LogP contribution in [0.1, 0.15) is 0 Å². The van der Waals surface area contributed by atoms with Gasteiger partial charge < -0.3 is 20.5 Å². The smallest absolute Gasteiger partial charge is 0.319 e. The minimum absolute atomic E-state index is 0.0405. The Labute approximate surface area is 102 Å². The van der Waals surface area contributed by atoms with Crippen LogP contribution in [0, 0.1) is 0 Å². The number of aliphatic hydroxyl groups excluding tert-OH is 1. The molecule has 0 saturated heterocycles. The standard InChI is InChI=1S/C10H13BrN2O3/c1-16-9(14)6-12-10(15)13-8-4-2-7(11)3-5-8/h2-5,9,14H,6H2,1H3,(H2,12,13,15). The van der Waals surface area contributed by atoms with Gasteiger partial charge in [-0.25, -0.2) is 4.79 Å². The highest BCUT2D eigenvalue weighted by Gasteiger charge is 2.05. The van der Waals surface area contributed by atoms with Crippen LogP contribution in [0.5, 0.6) is 0 Å². The average Bonchev–Trinajstić information content (AvgIpc) is 2.29. The van der Waals surface area contributed by atoms with E-state index in [4.69, 9.17) is 5.11 Å². The van der Waals surface area contributed by atoms with E-state index in [1.807, 2.05) is 12.1 Å². The van der Waals surface area contributed by atoms with Gasteiger partial charge in [0.2, 0.25) is 0 Å². The molecule has 88 valence electrons. The summed E-state index contributed by atoms with van der Waals surface area (Å²) in [5.74, 6) is 0. The van der Waals surface area contributed by atoms with Crippen LogP contribution in [-0.4, -0.2) is 31.1 Å². The lowest BCUT2D eigenvalue weighted by molar-refractivity contribution is -0.0688. The van der Waals surface area contributed by atoms with E-state index in [2.05, 4.69) is 31.3 Å². The van der Waals surface area contributed by atoms with E-state index < -0.39 is 12.3 Å². The lowest BCUT2D eigenvalue weighted by Gasteiger charge is -2.10. The van der Waals surface area contributed by atoms with Gasteiger partial charge in [-0.05, 0) is 24.3 Å². The number of amides is 2. The Morgan fingerprint density at radius 1 is 1.50 bits per heavy atom. The number of urea groups is 1. The Hall–Kier alpha value is -1.11. The quantitative estimate of drug-likeness (QED) is 0.736. The maximum Gasteiger partial charge on any atom is 0.319 e. The topological polar surface area (TPSA) is 70.6 Å². The Morgan fingerprint density at radius 2 is 2.12 bits per heavy atom. The van der Waals surface area contributed by atoms with E-state index in [1.165, 1.54) is 7.11 Å². The van der Waals surface area contributed by atoms with Crippen molar-refractivity contribution in [3.63, 3.8) is 0 Å². The van der Waals surface area contributed by atoms with Gasteiger partial charge in [-0.15, -0.1) is 0 Å². The summed E-state index contributed by atoms with van der Waals surface area (Å²) in [6, 6.07) is 6.77. The first-order valence-corrected chi connectivity index (χ1v) is 5.42. The fourth-order valence-corrected chi connectivity index (χ4v) is 1.24. The molecule has 1 unspecified atom stereocenters. The summed E-state index contributed by atoms with van der Waals surface area (Å²) in [4.78, 5) is 11.3. The van der Waals surface area contributed by atoms with Crippen LogP contribution in [0.15, 0.2) is 28.7 Å². The fourth-order valence-electron chi connectivity index (χ4n) is 0.972. The zero-order chi connectivity index (χ0) is 12.0. The van der Waals surface area contributed by atoms with Crippen LogP contribution in [-0.2, 0) is 4.74 Å². The normalized spacial score (nSPS) is 11.9. The molecule has 1 aromatic carbocycles. The lowest BCUT2D eigenvalue weighted by Crippen LogP contribution is -2.35. The van der Waals surface area contributed by atoms with E-state index in [1.54, 1.807) is 12.1 Å². The lowest BCUT2D eigenvalue weighted by atomic mass is 10.3. The first-order valence-electron chi connectivity index (χ1n) is 4.63. The molecule has 0 heterocycles. The third-order valence-electron chi connectivity index (χ3n) is 1.81. The van der Waals surface area contributed by atoms with E-state index in [9.17, 15) is 4.79 Å². The number of methoxy groups -OCH3 is 1. The van der Waals surface area contributed by atoms with Crippen molar-refractivity contribution in [3.8, 4) is 0 Å². The Kier molecular flexibility index (Phi) is 5.24. The Bertz CT molecular complexity index is 342. The predicted octanol–water partition coefficient (Wildman–Crippen LogP) is 1.54. The van der Waals surface area contributed by atoms with E-state index in [0.717, 1.165) is 4.47 Å². The van der Waals surface area contributed by atoms with Crippen LogP contribution in [0.3, 0.4) is 0 Å². The molecule has 1 rings (SSSR count). The molecule has 5 nitrogen and oxygen atoms in total. The summed E-state index contributed by atoms with van der Waals surface area (Å²) in [5, 5.41) is 14.1. The summed E-state index contributed by atoms with van der Waals surface area (Å²) in [6.45, 7) is 0.0405. The highest BCUT2D eigenvalue weighted by molar-refractivity contribution is 9.10. The number of benzene rings is 1. The number of hydrogen-bond donors (Lipinski definition) is 3. The second-order valence-electron chi connectivity index (χ2n) is 3.03. The van der Waals surface area contributed by atoms with Crippen molar-refractivity contribution in [3.05, 3.63) is 28.7 Å². The second-order valence-corrected chi connectivity index (χ2v) is 3.95. The number of aliphatic hydroxyl groups is 1. The summed E-state index contributed by atoms with van der Waals surface area (Å²) in [7, 11) is 1.36. The highest BCUT2D eigenvalue weighted by Crippen LogP contribution is 2.13. The number of ether oxygens (including phenoxy) is 1. The van der Waals surface area contributed by atoms with Gasteiger partial charge in [-0.3, -0.25) is 0 Å². The molecule has 0 radical (unpaired) electrons. The summed E-state index contributed by atoms with van der Waals surface area (Å²) < 4.78 is 5.51. The highest BCUT2D eigenvalue weighted by atomic mass is 79.9. The van der Waals surface area contributed by atoms with Crippen molar-refractivity contribution in [2.75, 3.05) is 19.0 Å². The van der Waals surface area contributed by atoms with Gasteiger partial charge >= 0.3 is 6.03 Å². The molecule has 0 aromatic heterocycles. The SMILES string of the molecule is COC(O)CNC(=O)Nc1ccc(Br)cc1. The zero-order valence-corrected chi connectivity index (χ0v) is 10.3. The molecule has 1 aromatic rings. The minimum atomic E-state index is -0.990. The fraction of sp³-hybridized carbons (Fsp3) is 0.300. The number of halogens is 1. The predicted molar refractivity (Wildman–Crippen MR) is 64.2 cm³/mol. The molecule has 2 amide bonds. The van der Waals surface area contributed by atoms with Crippen molar-refractivity contribution in [1.82, 2.24) is 5.32 Å². The molecule has 0 aliphatic heterocycles. The van der Waals surface area contributed by atoms with E-state index in [0.29, 0.717) is 5.69 Å². The number of carbonyl (C=O) groups is 1. The maximum absolute atomic E-state index is 11.3. The van der Waals surface area contributed by atoms with E-state index >= 15 is 0 Å². The molecule has 6 heteroatoms. The Morgan fingerprint density at radius 3 is 2.69 bits per heavy atom. The minimum Gasteiger partial charge on any atom is -0.366 e. The van der Waals surface area contributed by atoms with Gasteiger partial charge in [-0.1, -0.05) is 15.9 Å². The van der Waals surface area contributed by atoms with Gasteiger partial charge in [0.15, 0.2) is 6.29 Å². The van der Waals surface area contributed by atoms with Gasteiger partial charge in [0.25, 0.3) is 0 Å². The van der Waals surface area contributed by atoms with Crippen molar-refractivity contribution in [1.29, 1.82) is 0 Å². The molecule has 0 spiro atoms.